The molecule has 0 amide bonds. The van der Waals surface area contributed by atoms with E-state index in [-0.39, 0.29) is 12.2 Å². The molecule has 4 nitrogen and oxygen atoms in total. The number of carboxylic acid groups (broad SMARTS) is 1. The van der Waals surface area contributed by atoms with E-state index in [1.165, 1.54) is 0 Å². The lowest BCUT2D eigenvalue weighted by Crippen LogP contribution is -2.43. The SMILES string of the molecule is CCC(OC(C)C)C(C)(OC(=O)O)c1ccccc1. The summed E-state index contributed by atoms with van der Waals surface area (Å²) in [6.45, 7) is 7.57. The van der Waals surface area contributed by atoms with Crippen LogP contribution in [0.3, 0.4) is 0 Å². The Balaban J connectivity index is 3.14. The van der Waals surface area contributed by atoms with Gasteiger partial charge in [-0.25, -0.2) is 4.79 Å². The minimum absolute atomic E-state index is 0.00498. The van der Waals surface area contributed by atoms with Crippen LogP contribution in [0.25, 0.3) is 0 Å². The van der Waals surface area contributed by atoms with Crippen LogP contribution in [0.4, 0.5) is 4.79 Å². The lowest BCUT2D eigenvalue weighted by atomic mass is 9.88. The van der Waals surface area contributed by atoms with Gasteiger partial charge in [-0.3, -0.25) is 0 Å². The molecular formula is C15H22O4. The highest BCUT2D eigenvalue weighted by Crippen LogP contribution is 2.33. The molecule has 4 heteroatoms. The summed E-state index contributed by atoms with van der Waals surface area (Å²) in [7, 11) is 0. The summed E-state index contributed by atoms with van der Waals surface area (Å²) in [4.78, 5) is 11.0. The first kappa shape index (κ1) is 15.5. The van der Waals surface area contributed by atoms with Gasteiger partial charge < -0.3 is 14.6 Å². The average molecular weight is 266 g/mol. The quantitative estimate of drug-likeness (QED) is 0.796. The Morgan fingerprint density at radius 2 is 1.89 bits per heavy atom. The van der Waals surface area contributed by atoms with Crippen LogP contribution < -0.4 is 0 Å². The molecule has 0 bridgehead atoms. The number of rotatable bonds is 6. The molecule has 0 radical (unpaired) electrons. The van der Waals surface area contributed by atoms with Crippen molar-refractivity contribution >= 4 is 6.16 Å². The zero-order valence-electron chi connectivity index (χ0n) is 11.9. The summed E-state index contributed by atoms with van der Waals surface area (Å²) in [6, 6.07) is 9.32. The molecule has 0 aliphatic carbocycles. The lowest BCUT2D eigenvalue weighted by Gasteiger charge is -2.37. The number of hydrogen-bond acceptors (Lipinski definition) is 3. The molecule has 0 spiro atoms. The first-order valence-corrected chi connectivity index (χ1v) is 6.53. The predicted molar refractivity (Wildman–Crippen MR) is 73.2 cm³/mol. The third-order valence-corrected chi connectivity index (χ3v) is 3.07. The molecule has 0 saturated heterocycles. The van der Waals surface area contributed by atoms with Crippen LogP contribution in [0.1, 0.15) is 39.7 Å². The van der Waals surface area contributed by atoms with E-state index >= 15 is 0 Å². The van der Waals surface area contributed by atoms with E-state index in [2.05, 4.69) is 0 Å². The zero-order valence-corrected chi connectivity index (χ0v) is 11.9. The van der Waals surface area contributed by atoms with Crippen molar-refractivity contribution < 1.29 is 19.4 Å². The molecule has 0 aromatic heterocycles. The fourth-order valence-electron chi connectivity index (χ4n) is 2.21. The van der Waals surface area contributed by atoms with Gasteiger partial charge in [-0.15, -0.1) is 0 Å². The van der Waals surface area contributed by atoms with Crippen molar-refractivity contribution in [3.05, 3.63) is 35.9 Å². The predicted octanol–water partition coefficient (Wildman–Crippen LogP) is 3.80. The van der Waals surface area contributed by atoms with E-state index in [9.17, 15) is 4.79 Å². The van der Waals surface area contributed by atoms with Gasteiger partial charge >= 0.3 is 6.16 Å². The maximum atomic E-state index is 11.0. The van der Waals surface area contributed by atoms with E-state index in [0.717, 1.165) is 5.56 Å². The molecular weight excluding hydrogens is 244 g/mol. The van der Waals surface area contributed by atoms with Crippen molar-refractivity contribution in [1.29, 1.82) is 0 Å². The van der Waals surface area contributed by atoms with E-state index in [4.69, 9.17) is 14.6 Å². The number of hydrogen-bond donors (Lipinski definition) is 1. The fraction of sp³-hybridized carbons (Fsp3) is 0.533. The van der Waals surface area contributed by atoms with Crippen LogP contribution in [0, 0.1) is 0 Å². The molecule has 0 aliphatic heterocycles. The van der Waals surface area contributed by atoms with Gasteiger partial charge in [0.05, 0.1) is 6.10 Å². The molecule has 2 unspecified atom stereocenters. The summed E-state index contributed by atoms with van der Waals surface area (Å²) in [5.74, 6) is 0. The molecule has 19 heavy (non-hydrogen) atoms. The van der Waals surface area contributed by atoms with Crippen molar-refractivity contribution in [3.8, 4) is 0 Å². The van der Waals surface area contributed by atoms with Gasteiger partial charge in [-0.05, 0) is 32.8 Å². The van der Waals surface area contributed by atoms with Crippen LogP contribution in [-0.2, 0) is 15.1 Å². The van der Waals surface area contributed by atoms with E-state index in [0.29, 0.717) is 6.42 Å². The molecule has 0 aliphatic rings. The lowest BCUT2D eigenvalue weighted by molar-refractivity contribution is -0.136. The Kier molecular flexibility index (Phi) is 5.36. The van der Waals surface area contributed by atoms with Gasteiger partial charge in [0.15, 0.2) is 5.60 Å². The Labute approximate surface area is 114 Å². The molecule has 1 rings (SSSR count). The summed E-state index contributed by atoms with van der Waals surface area (Å²) >= 11 is 0. The molecule has 1 aromatic rings. The highest BCUT2D eigenvalue weighted by Gasteiger charge is 2.40. The van der Waals surface area contributed by atoms with Crippen molar-refractivity contribution in [2.75, 3.05) is 0 Å². The minimum atomic E-state index is -1.29. The van der Waals surface area contributed by atoms with Crippen molar-refractivity contribution in [3.63, 3.8) is 0 Å². The van der Waals surface area contributed by atoms with Crippen LogP contribution >= 0.6 is 0 Å². The molecule has 106 valence electrons. The second-order valence-electron chi connectivity index (χ2n) is 4.92. The highest BCUT2D eigenvalue weighted by atomic mass is 16.7. The van der Waals surface area contributed by atoms with Crippen LogP contribution in [0.15, 0.2) is 30.3 Å². The molecule has 2 atom stereocenters. The van der Waals surface area contributed by atoms with Gasteiger partial charge in [0.1, 0.15) is 6.10 Å². The topological polar surface area (TPSA) is 55.8 Å². The largest absolute Gasteiger partial charge is 0.506 e. The van der Waals surface area contributed by atoms with Crippen molar-refractivity contribution in [1.82, 2.24) is 0 Å². The fourth-order valence-corrected chi connectivity index (χ4v) is 2.21. The normalized spacial score (nSPS) is 15.8. The number of ether oxygens (including phenoxy) is 2. The van der Waals surface area contributed by atoms with E-state index in [1.54, 1.807) is 6.92 Å². The van der Waals surface area contributed by atoms with Crippen molar-refractivity contribution in [2.24, 2.45) is 0 Å². The van der Waals surface area contributed by atoms with Crippen LogP contribution in [0.5, 0.6) is 0 Å². The van der Waals surface area contributed by atoms with Crippen LogP contribution in [-0.4, -0.2) is 23.5 Å². The Morgan fingerprint density at radius 3 is 2.32 bits per heavy atom. The summed E-state index contributed by atoms with van der Waals surface area (Å²) in [6.07, 6.45) is -0.954. The van der Waals surface area contributed by atoms with Crippen LogP contribution in [0.2, 0.25) is 0 Å². The monoisotopic (exact) mass is 266 g/mol. The minimum Gasteiger partial charge on any atom is -0.450 e. The Hall–Kier alpha value is -1.55. The number of carbonyl (C=O) groups is 1. The molecule has 0 heterocycles. The smallest absolute Gasteiger partial charge is 0.450 e. The summed E-state index contributed by atoms with van der Waals surface area (Å²) in [5, 5.41) is 9.01. The maximum Gasteiger partial charge on any atom is 0.506 e. The first-order valence-electron chi connectivity index (χ1n) is 6.53. The third kappa shape index (κ3) is 3.96. The second kappa shape index (κ2) is 6.57. The summed E-state index contributed by atoms with van der Waals surface area (Å²) < 4.78 is 11.0. The van der Waals surface area contributed by atoms with Gasteiger partial charge in [0, 0.05) is 0 Å². The Morgan fingerprint density at radius 1 is 1.32 bits per heavy atom. The van der Waals surface area contributed by atoms with Gasteiger partial charge in [-0.2, -0.15) is 0 Å². The second-order valence-corrected chi connectivity index (χ2v) is 4.92. The highest BCUT2D eigenvalue weighted by molar-refractivity contribution is 5.58. The van der Waals surface area contributed by atoms with Crippen molar-refractivity contribution in [2.45, 2.75) is 51.9 Å². The maximum absolute atomic E-state index is 11.0. The number of benzene rings is 1. The zero-order chi connectivity index (χ0) is 14.5. The summed E-state index contributed by atoms with van der Waals surface area (Å²) in [5.41, 5.74) is -0.212. The standard InChI is InChI=1S/C15H22O4/c1-5-13(18-11(2)3)15(4,19-14(16)17)12-9-7-6-8-10-12/h6-11,13H,5H2,1-4H3,(H,16,17). The molecule has 1 aromatic carbocycles. The molecule has 0 saturated carbocycles. The van der Waals surface area contributed by atoms with E-state index in [1.807, 2.05) is 51.1 Å². The third-order valence-electron chi connectivity index (χ3n) is 3.07. The first-order chi connectivity index (χ1) is 8.90. The van der Waals surface area contributed by atoms with Gasteiger partial charge in [0.25, 0.3) is 0 Å². The van der Waals surface area contributed by atoms with Gasteiger partial charge in [-0.1, -0.05) is 37.3 Å². The van der Waals surface area contributed by atoms with E-state index < -0.39 is 11.8 Å². The molecule has 0 fully saturated rings. The molecule has 1 N–H and O–H groups in total. The average Bonchev–Trinajstić information content (AvgIpc) is 2.35. The Bertz CT molecular complexity index is 402. The van der Waals surface area contributed by atoms with Gasteiger partial charge in [0.2, 0.25) is 0 Å².